The van der Waals surface area contributed by atoms with Crippen LogP contribution in [0.25, 0.3) is 0 Å². The average molecular weight is 269 g/mol. The van der Waals surface area contributed by atoms with Gasteiger partial charge in [-0.15, -0.1) is 0 Å². The molecule has 0 spiro atoms. The summed E-state index contributed by atoms with van der Waals surface area (Å²) in [5.41, 5.74) is 0. The van der Waals surface area contributed by atoms with Gasteiger partial charge in [0.1, 0.15) is 6.04 Å². The zero-order valence-corrected chi connectivity index (χ0v) is 12.7. The van der Waals surface area contributed by atoms with E-state index >= 15 is 0 Å². The number of nitrogens with zero attached hydrogens (tertiary/aromatic N) is 1. The normalized spacial score (nSPS) is 22.4. The highest BCUT2D eigenvalue weighted by Crippen LogP contribution is 2.19. The van der Waals surface area contributed by atoms with Gasteiger partial charge in [-0.2, -0.15) is 0 Å². The van der Waals surface area contributed by atoms with Gasteiger partial charge < -0.3 is 15.5 Å². The molecular formula is C14H27N3O2. The molecule has 110 valence electrons. The Bertz CT molecular complexity index is 331. The number of carbonyl (C=O) groups excluding carboxylic acids is 2. The fraction of sp³-hybridized carbons (Fsp3) is 0.857. The van der Waals surface area contributed by atoms with Crippen LogP contribution in [0.5, 0.6) is 0 Å². The van der Waals surface area contributed by atoms with Gasteiger partial charge in [0.2, 0.25) is 11.8 Å². The van der Waals surface area contributed by atoms with Crippen molar-refractivity contribution >= 4 is 11.8 Å². The molecule has 0 radical (unpaired) electrons. The number of likely N-dealkylation sites (tertiary alicyclic amines) is 1. The van der Waals surface area contributed by atoms with Gasteiger partial charge in [-0.1, -0.05) is 13.8 Å². The fourth-order valence-electron chi connectivity index (χ4n) is 2.36. The molecule has 0 aromatic carbocycles. The van der Waals surface area contributed by atoms with Crippen molar-refractivity contribution in [2.75, 3.05) is 13.6 Å². The topological polar surface area (TPSA) is 61.4 Å². The van der Waals surface area contributed by atoms with Crippen LogP contribution in [0.1, 0.15) is 40.5 Å². The molecule has 0 bridgehead atoms. The molecule has 3 atom stereocenters. The van der Waals surface area contributed by atoms with Gasteiger partial charge >= 0.3 is 0 Å². The molecule has 19 heavy (non-hydrogen) atoms. The first-order valence-electron chi connectivity index (χ1n) is 7.16. The number of hydrogen-bond donors (Lipinski definition) is 2. The van der Waals surface area contributed by atoms with E-state index in [1.165, 1.54) is 0 Å². The molecule has 2 N–H and O–H groups in total. The van der Waals surface area contributed by atoms with E-state index in [1.54, 1.807) is 14.0 Å². The van der Waals surface area contributed by atoms with E-state index in [0.29, 0.717) is 0 Å². The SMILES string of the molecule is CN[C@@H](C)C(=O)N[C@H](C(=O)N1CCC[C@H]1C)C(C)C. The quantitative estimate of drug-likeness (QED) is 0.774. The zero-order valence-electron chi connectivity index (χ0n) is 12.7. The van der Waals surface area contributed by atoms with Gasteiger partial charge in [0.05, 0.1) is 6.04 Å². The first-order chi connectivity index (χ1) is 8.88. The summed E-state index contributed by atoms with van der Waals surface area (Å²) in [5, 5.41) is 5.76. The van der Waals surface area contributed by atoms with Crippen molar-refractivity contribution in [3.63, 3.8) is 0 Å². The van der Waals surface area contributed by atoms with Gasteiger partial charge in [0.25, 0.3) is 0 Å². The highest BCUT2D eigenvalue weighted by Gasteiger charge is 2.33. The second kappa shape index (κ2) is 6.89. The van der Waals surface area contributed by atoms with E-state index in [1.807, 2.05) is 18.7 Å². The van der Waals surface area contributed by atoms with Crippen LogP contribution in [0.15, 0.2) is 0 Å². The van der Waals surface area contributed by atoms with E-state index in [-0.39, 0.29) is 29.8 Å². The second-order valence-corrected chi connectivity index (χ2v) is 5.76. The Morgan fingerprint density at radius 2 is 1.89 bits per heavy atom. The summed E-state index contributed by atoms with van der Waals surface area (Å²) in [4.78, 5) is 26.4. The Hall–Kier alpha value is -1.10. The summed E-state index contributed by atoms with van der Waals surface area (Å²) in [6.45, 7) is 8.60. The Labute approximate surface area is 116 Å². The smallest absolute Gasteiger partial charge is 0.245 e. The minimum absolute atomic E-state index is 0.0525. The molecule has 0 aromatic heterocycles. The van der Waals surface area contributed by atoms with E-state index in [2.05, 4.69) is 17.6 Å². The van der Waals surface area contributed by atoms with Gasteiger partial charge in [-0.25, -0.2) is 0 Å². The highest BCUT2D eigenvalue weighted by molar-refractivity contribution is 5.90. The standard InChI is InChI=1S/C14H27N3O2/c1-9(2)12(16-13(18)11(4)15-5)14(19)17-8-6-7-10(17)3/h9-12,15H,6-8H2,1-5H3,(H,16,18)/t10-,11+,12+/m1/s1. The van der Waals surface area contributed by atoms with E-state index in [0.717, 1.165) is 19.4 Å². The zero-order chi connectivity index (χ0) is 14.6. The lowest BCUT2D eigenvalue weighted by Crippen LogP contribution is -2.55. The predicted molar refractivity (Wildman–Crippen MR) is 75.7 cm³/mol. The number of amides is 2. The third-order valence-corrected chi connectivity index (χ3v) is 3.89. The first kappa shape index (κ1) is 16.0. The van der Waals surface area contributed by atoms with E-state index < -0.39 is 6.04 Å². The molecule has 1 aliphatic heterocycles. The van der Waals surface area contributed by atoms with Crippen LogP contribution in [0.3, 0.4) is 0 Å². The molecule has 1 saturated heterocycles. The van der Waals surface area contributed by atoms with Crippen LogP contribution in [0.4, 0.5) is 0 Å². The largest absolute Gasteiger partial charge is 0.343 e. The van der Waals surface area contributed by atoms with Crippen LogP contribution in [-0.2, 0) is 9.59 Å². The van der Waals surface area contributed by atoms with Crippen molar-refractivity contribution in [1.29, 1.82) is 0 Å². The van der Waals surface area contributed by atoms with Crippen molar-refractivity contribution in [2.24, 2.45) is 5.92 Å². The molecule has 5 nitrogen and oxygen atoms in total. The Kier molecular flexibility index (Phi) is 5.79. The molecule has 1 fully saturated rings. The number of carbonyl (C=O) groups is 2. The van der Waals surface area contributed by atoms with Crippen LogP contribution < -0.4 is 10.6 Å². The Balaban J connectivity index is 2.72. The van der Waals surface area contributed by atoms with Crippen molar-refractivity contribution in [3.05, 3.63) is 0 Å². The number of nitrogens with one attached hydrogen (secondary N) is 2. The highest BCUT2D eigenvalue weighted by atomic mass is 16.2. The molecule has 1 aliphatic rings. The summed E-state index contributed by atoms with van der Waals surface area (Å²) in [7, 11) is 1.74. The van der Waals surface area contributed by atoms with Crippen LogP contribution >= 0.6 is 0 Å². The maximum absolute atomic E-state index is 12.5. The minimum Gasteiger partial charge on any atom is -0.343 e. The summed E-state index contributed by atoms with van der Waals surface area (Å²) in [6, 6.07) is -0.429. The fourth-order valence-corrected chi connectivity index (χ4v) is 2.36. The molecule has 0 aliphatic carbocycles. The van der Waals surface area contributed by atoms with E-state index in [9.17, 15) is 9.59 Å². The second-order valence-electron chi connectivity index (χ2n) is 5.76. The molecule has 2 amide bonds. The van der Waals surface area contributed by atoms with Crippen LogP contribution in [0, 0.1) is 5.92 Å². The summed E-state index contributed by atoms with van der Waals surface area (Å²) in [5.74, 6) is 0.0198. The predicted octanol–water partition coefficient (Wildman–Crippen LogP) is 0.746. The average Bonchev–Trinajstić information content (AvgIpc) is 2.79. The Morgan fingerprint density at radius 1 is 1.26 bits per heavy atom. The molecule has 1 heterocycles. The molecule has 0 aromatic rings. The van der Waals surface area contributed by atoms with Gasteiger partial charge in [-0.3, -0.25) is 9.59 Å². The first-order valence-corrected chi connectivity index (χ1v) is 7.16. The van der Waals surface area contributed by atoms with Crippen molar-refractivity contribution < 1.29 is 9.59 Å². The lowest BCUT2D eigenvalue weighted by Gasteiger charge is -2.30. The monoisotopic (exact) mass is 269 g/mol. The third-order valence-electron chi connectivity index (χ3n) is 3.89. The van der Waals surface area contributed by atoms with Gasteiger partial charge in [0.15, 0.2) is 0 Å². The minimum atomic E-state index is -0.427. The lowest BCUT2D eigenvalue weighted by molar-refractivity contribution is -0.138. The Morgan fingerprint density at radius 3 is 2.32 bits per heavy atom. The number of likely N-dealkylation sites (N-methyl/N-ethyl adjacent to an activating group) is 1. The van der Waals surface area contributed by atoms with Crippen LogP contribution in [0.2, 0.25) is 0 Å². The molecule has 0 saturated carbocycles. The summed E-state index contributed by atoms with van der Waals surface area (Å²) in [6.07, 6.45) is 2.11. The molecule has 1 rings (SSSR count). The van der Waals surface area contributed by atoms with Crippen molar-refractivity contribution in [1.82, 2.24) is 15.5 Å². The maximum atomic E-state index is 12.5. The summed E-state index contributed by atoms with van der Waals surface area (Å²) < 4.78 is 0. The van der Waals surface area contributed by atoms with Crippen LogP contribution in [-0.4, -0.2) is 48.4 Å². The lowest BCUT2D eigenvalue weighted by atomic mass is 10.0. The van der Waals surface area contributed by atoms with Crippen molar-refractivity contribution in [2.45, 2.75) is 58.7 Å². The number of hydrogen-bond acceptors (Lipinski definition) is 3. The maximum Gasteiger partial charge on any atom is 0.245 e. The molecule has 5 heteroatoms. The van der Waals surface area contributed by atoms with E-state index in [4.69, 9.17) is 0 Å². The van der Waals surface area contributed by atoms with Crippen molar-refractivity contribution in [3.8, 4) is 0 Å². The van der Waals surface area contributed by atoms with Gasteiger partial charge in [-0.05, 0) is 39.7 Å². The molecule has 0 unspecified atom stereocenters. The van der Waals surface area contributed by atoms with Gasteiger partial charge in [0, 0.05) is 12.6 Å². The molecular weight excluding hydrogens is 242 g/mol. The number of rotatable bonds is 5. The summed E-state index contributed by atoms with van der Waals surface area (Å²) >= 11 is 0. The third kappa shape index (κ3) is 3.93.